The van der Waals surface area contributed by atoms with Crippen LogP contribution < -0.4 is 15.4 Å². The predicted octanol–water partition coefficient (Wildman–Crippen LogP) is 2.81. The van der Waals surface area contributed by atoms with Crippen molar-refractivity contribution in [2.75, 3.05) is 19.8 Å². The molecule has 0 unspecified atom stereocenters. The minimum atomic E-state index is -0.571. The number of carbonyl (C=O) groups is 1. The van der Waals surface area contributed by atoms with Crippen LogP contribution in [0.3, 0.4) is 0 Å². The van der Waals surface area contributed by atoms with E-state index in [0.29, 0.717) is 6.61 Å². The molecule has 0 saturated heterocycles. The van der Waals surface area contributed by atoms with Gasteiger partial charge in [0.05, 0.1) is 12.6 Å². The lowest BCUT2D eigenvalue weighted by Crippen LogP contribution is -2.38. The first-order valence-corrected chi connectivity index (χ1v) is 6.51. The monoisotopic (exact) mass is 268 g/mol. The maximum Gasteiger partial charge on any atom is 0.315 e. The number of urea groups is 1. The van der Waals surface area contributed by atoms with Crippen molar-refractivity contribution in [3.8, 4) is 5.75 Å². The van der Waals surface area contributed by atoms with Crippen molar-refractivity contribution in [2.24, 2.45) is 0 Å². The number of hydrogen-bond donors (Lipinski definition) is 2. The first kappa shape index (κ1) is 15.3. The molecule has 0 fully saturated rings. The number of para-hydroxylation sites is 1. The molecule has 1 aromatic rings. The topological polar surface area (TPSA) is 50.4 Å². The van der Waals surface area contributed by atoms with Crippen LogP contribution >= 0.6 is 0 Å². The number of amides is 2. The van der Waals surface area contributed by atoms with Gasteiger partial charge >= 0.3 is 6.03 Å². The minimum absolute atomic E-state index is 0.0204. The van der Waals surface area contributed by atoms with Gasteiger partial charge in [-0.2, -0.15) is 0 Å². The third kappa shape index (κ3) is 5.16. The molecule has 0 heterocycles. The molecular weight excluding hydrogens is 247 g/mol. The van der Waals surface area contributed by atoms with Gasteiger partial charge in [-0.25, -0.2) is 9.18 Å². The van der Waals surface area contributed by atoms with Gasteiger partial charge in [-0.15, -0.1) is 0 Å². The molecule has 19 heavy (non-hydrogen) atoms. The van der Waals surface area contributed by atoms with E-state index >= 15 is 0 Å². The lowest BCUT2D eigenvalue weighted by atomic mass is 10.1. The van der Waals surface area contributed by atoms with Crippen LogP contribution in [0.5, 0.6) is 5.75 Å². The predicted molar refractivity (Wildman–Crippen MR) is 73.2 cm³/mol. The normalized spacial score (nSPS) is 11.7. The van der Waals surface area contributed by atoms with E-state index < -0.39 is 6.67 Å². The third-order valence-corrected chi connectivity index (χ3v) is 2.57. The molecule has 1 rings (SSSR count). The molecule has 0 aliphatic heterocycles. The summed E-state index contributed by atoms with van der Waals surface area (Å²) in [6, 6.07) is 6.99. The average molecular weight is 268 g/mol. The van der Waals surface area contributed by atoms with Gasteiger partial charge in [0, 0.05) is 12.1 Å². The van der Waals surface area contributed by atoms with E-state index in [1.807, 2.05) is 38.1 Å². The van der Waals surface area contributed by atoms with Gasteiger partial charge in [0.25, 0.3) is 0 Å². The maximum absolute atomic E-state index is 12.0. The van der Waals surface area contributed by atoms with Crippen LogP contribution in [-0.4, -0.2) is 25.9 Å². The van der Waals surface area contributed by atoms with Crippen molar-refractivity contribution in [1.82, 2.24) is 10.6 Å². The van der Waals surface area contributed by atoms with Crippen molar-refractivity contribution >= 4 is 6.03 Å². The third-order valence-electron chi connectivity index (χ3n) is 2.57. The molecule has 1 atom stereocenters. The van der Waals surface area contributed by atoms with Crippen molar-refractivity contribution in [1.29, 1.82) is 0 Å². The summed E-state index contributed by atoms with van der Waals surface area (Å²) in [4.78, 5) is 11.5. The second-order valence-corrected chi connectivity index (χ2v) is 4.20. The number of alkyl halides is 1. The zero-order chi connectivity index (χ0) is 14.1. The number of rotatable bonds is 7. The fourth-order valence-corrected chi connectivity index (χ4v) is 1.67. The molecular formula is C14H21FN2O2. The summed E-state index contributed by atoms with van der Waals surface area (Å²) in [6.45, 7) is 3.99. The van der Waals surface area contributed by atoms with E-state index in [4.69, 9.17) is 4.74 Å². The molecule has 0 saturated carbocycles. The Hall–Kier alpha value is -1.78. The Balaban J connectivity index is 2.64. The Bertz CT molecular complexity index is 399. The van der Waals surface area contributed by atoms with Crippen LogP contribution in [-0.2, 0) is 0 Å². The fraction of sp³-hybridized carbons (Fsp3) is 0.500. The van der Waals surface area contributed by atoms with Crippen molar-refractivity contribution < 1.29 is 13.9 Å². The van der Waals surface area contributed by atoms with Gasteiger partial charge in [-0.1, -0.05) is 25.1 Å². The number of carbonyl (C=O) groups excluding carboxylic acids is 1. The highest BCUT2D eigenvalue weighted by Crippen LogP contribution is 2.24. The van der Waals surface area contributed by atoms with Gasteiger partial charge in [0.2, 0.25) is 0 Å². The molecule has 106 valence electrons. The molecule has 2 amide bonds. The van der Waals surface area contributed by atoms with Gasteiger partial charge < -0.3 is 15.4 Å². The summed E-state index contributed by atoms with van der Waals surface area (Å²) in [5.41, 5.74) is 0.909. The molecule has 0 aliphatic rings. The van der Waals surface area contributed by atoms with Crippen LogP contribution in [0.4, 0.5) is 9.18 Å². The number of ether oxygens (including phenoxy) is 1. The summed E-state index contributed by atoms with van der Waals surface area (Å²) >= 11 is 0. The van der Waals surface area contributed by atoms with E-state index in [9.17, 15) is 9.18 Å². The highest BCUT2D eigenvalue weighted by atomic mass is 19.1. The number of nitrogens with one attached hydrogen (secondary N) is 2. The molecule has 0 spiro atoms. The maximum atomic E-state index is 12.0. The number of benzene rings is 1. The molecule has 2 N–H and O–H groups in total. The molecule has 4 nitrogen and oxygen atoms in total. The SMILES string of the molecule is CCCOc1ccccc1[C@@H](C)NC(=O)NCCF. The Morgan fingerprint density at radius 3 is 2.84 bits per heavy atom. The Kier molecular flexibility index (Phi) is 6.71. The second-order valence-electron chi connectivity index (χ2n) is 4.20. The van der Waals surface area contributed by atoms with E-state index in [-0.39, 0.29) is 18.6 Å². The van der Waals surface area contributed by atoms with E-state index in [1.54, 1.807) is 0 Å². The summed E-state index contributed by atoms with van der Waals surface area (Å²) in [5.74, 6) is 0.766. The van der Waals surface area contributed by atoms with Gasteiger partial charge in [0.1, 0.15) is 12.4 Å². The fourth-order valence-electron chi connectivity index (χ4n) is 1.67. The van der Waals surface area contributed by atoms with E-state index in [1.165, 1.54) is 0 Å². The number of hydrogen-bond acceptors (Lipinski definition) is 2. The van der Waals surface area contributed by atoms with Crippen LogP contribution in [0, 0.1) is 0 Å². The molecule has 0 radical (unpaired) electrons. The summed E-state index contributed by atoms with van der Waals surface area (Å²) in [6.07, 6.45) is 0.924. The summed E-state index contributed by atoms with van der Waals surface area (Å²) in [5, 5.41) is 5.18. The Labute approximate surface area is 113 Å². The molecule has 1 aromatic carbocycles. The van der Waals surface area contributed by atoms with Gasteiger partial charge in [-0.05, 0) is 19.4 Å². The van der Waals surface area contributed by atoms with Gasteiger partial charge in [0.15, 0.2) is 0 Å². The lowest BCUT2D eigenvalue weighted by molar-refractivity contribution is 0.236. The van der Waals surface area contributed by atoms with Crippen LogP contribution in [0.25, 0.3) is 0 Å². The Morgan fingerprint density at radius 1 is 1.42 bits per heavy atom. The van der Waals surface area contributed by atoms with Crippen LogP contribution in [0.15, 0.2) is 24.3 Å². The second kappa shape index (κ2) is 8.34. The van der Waals surface area contributed by atoms with Crippen molar-refractivity contribution in [2.45, 2.75) is 26.3 Å². The van der Waals surface area contributed by atoms with Gasteiger partial charge in [-0.3, -0.25) is 0 Å². The zero-order valence-electron chi connectivity index (χ0n) is 11.4. The standard InChI is InChI=1S/C14H21FN2O2/c1-3-10-19-13-7-5-4-6-12(13)11(2)17-14(18)16-9-8-15/h4-7,11H,3,8-10H2,1-2H3,(H2,16,17,18)/t11-/m1/s1. The molecule has 0 aliphatic carbocycles. The number of halogens is 1. The summed E-state index contributed by atoms with van der Waals surface area (Å²) < 4.78 is 17.6. The lowest BCUT2D eigenvalue weighted by Gasteiger charge is -2.18. The molecule has 5 heteroatoms. The average Bonchev–Trinajstić information content (AvgIpc) is 2.43. The highest BCUT2D eigenvalue weighted by molar-refractivity contribution is 5.74. The van der Waals surface area contributed by atoms with Crippen LogP contribution in [0.2, 0.25) is 0 Å². The van der Waals surface area contributed by atoms with Crippen LogP contribution in [0.1, 0.15) is 31.9 Å². The summed E-state index contributed by atoms with van der Waals surface area (Å²) in [7, 11) is 0. The first-order chi connectivity index (χ1) is 9.19. The smallest absolute Gasteiger partial charge is 0.315 e. The minimum Gasteiger partial charge on any atom is -0.493 e. The van der Waals surface area contributed by atoms with E-state index in [2.05, 4.69) is 10.6 Å². The first-order valence-electron chi connectivity index (χ1n) is 6.51. The van der Waals surface area contributed by atoms with E-state index in [0.717, 1.165) is 17.7 Å². The molecule has 0 bridgehead atoms. The quantitative estimate of drug-likeness (QED) is 0.799. The Morgan fingerprint density at radius 2 is 2.16 bits per heavy atom. The van der Waals surface area contributed by atoms with Crippen molar-refractivity contribution in [3.63, 3.8) is 0 Å². The zero-order valence-corrected chi connectivity index (χ0v) is 11.4. The molecule has 0 aromatic heterocycles. The highest BCUT2D eigenvalue weighted by Gasteiger charge is 2.13. The van der Waals surface area contributed by atoms with Crippen molar-refractivity contribution in [3.05, 3.63) is 29.8 Å². The largest absolute Gasteiger partial charge is 0.493 e.